The number of nitrogens with zero attached hydrogens (tertiary/aromatic N) is 1. The molecule has 0 radical (unpaired) electrons. The molecule has 2 aromatic carbocycles. The van der Waals surface area contributed by atoms with Gasteiger partial charge >= 0.3 is 0 Å². The van der Waals surface area contributed by atoms with E-state index in [2.05, 4.69) is 15.7 Å². The number of hydrogen-bond acceptors (Lipinski definition) is 4. The Morgan fingerprint density at radius 3 is 2.34 bits per heavy atom. The van der Waals surface area contributed by atoms with Gasteiger partial charge in [0.15, 0.2) is 0 Å². The highest BCUT2D eigenvalue weighted by Crippen LogP contribution is 2.39. The number of hydrogen-bond donors (Lipinski definition) is 2. The van der Waals surface area contributed by atoms with Crippen molar-refractivity contribution < 1.29 is 4.79 Å². The van der Waals surface area contributed by atoms with E-state index in [0.717, 1.165) is 62.1 Å². The summed E-state index contributed by atoms with van der Waals surface area (Å²) in [5, 5.41) is 3.42. The van der Waals surface area contributed by atoms with E-state index in [-0.39, 0.29) is 11.9 Å². The van der Waals surface area contributed by atoms with Crippen LogP contribution in [0.25, 0.3) is 0 Å². The molecule has 5 heteroatoms. The Kier molecular flexibility index (Phi) is 5.27. The third-order valence-corrected chi connectivity index (χ3v) is 7.73. The maximum atomic E-state index is 13.4. The third kappa shape index (κ3) is 3.78. The fraction of sp³-hybridized carbons (Fsp3) is 0.458. The quantitative estimate of drug-likeness (QED) is 0.567. The van der Waals surface area contributed by atoms with Crippen molar-refractivity contribution in [2.45, 2.75) is 68.7 Å². The van der Waals surface area contributed by atoms with E-state index in [1.807, 2.05) is 24.3 Å². The zero-order valence-electron chi connectivity index (χ0n) is 16.9. The molecule has 1 unspecified atom stereocenters. The predicted octanol–water partition coefficient (Wildman–Crippen LogP) is 4.75. The van der Waals surface area contributed by atoms with E-state index < -0.39 is 0 Å². The van der Waals surface area contributed by atoms with Crippen molar-refractivity contribution in [1.29, 1.82) is 0 Å². The van der Waals surface area contributed by atoms with Gasteiger partial charge in [0.05, 0.1) is 6.04 Å². The standard InChI is InChI=1S/C24H29N3OS/c25-18-10-12-19(13-11-18)29-27-14-2-1-9-22(27)24(28)26-23-20-7-3-5-16(20)15-17-6-4-8-21(17)23/h10-13,15,22H,1-9,14,25H2,(H,26,28). The van der Waals surface area contributed by atoms with Crippen LogP contribution in [0.3, 0.4) is 0 Å². The van der Waals surface area contributed by atoms with E-state index in [4.69, 9.17) is 5.73 Å². The summed E-state index contributed by atoms with van der Waals surface area (Å²) < 4.78 is 2.27. The Hall–Kier alpha value is -1.98. The van der Waals surface area contributed by atoms with E-state index >= 15 is 0 Å². The summed E-state index contributed by atoms with van der Waals surface area (Å²) in [4.78, 5) is 14.6. The second-order valence-electron chi connectivity index (χ2n) is 8.54. The number of carbonyl (C=O) groups is 1. The number of piperidine rings is 1. The van der Waals surface area contributed by atoms with E-state index in [0.29, 0.717) is 0 Å². The molecule has 5 rings (SSSR count). The van der Waals surface area contributed by atoms with E-state index in [1.54, 1.807) is 11.9 Å². The van der Waals surface area contributed by atoms with Gasteiger partial charge in [-0.1, -0.05) is 12.5 Å². The molecule has 3 N–H and O–H groups in total. The molecule has 0 bridgehead atoms. The number of carbonyl (C=O) groups excluding carboxylic acids is 1. The first kappa shape index (κ1) is 19.0. The first-order chi connectivity index (χ1) is 14.2. The van der Waals surface area contributed by atoms with Crippen LogP contribution in [0.15, 0.2) is 35.2 Å². The Labute approximate surface area is 177 Å². The van der Waals surface area contributed by atoms with Crippen molar-refractivity contribution in [3.05, 3.63) is 52.6 Å². The van der Waals surface area contributed by atoms with Crippen LogP contribution in [0.4, 0.5) is 11.4 Å². The molecule has 2 aromatic rings. The molecule has 1 atom stereocenters. The second kappa shape index (κ2) is 8.04. The lowest BCUT2D eigenvalue weighted by molar-refractivity contribution is -0.120. The van der Waals surface area contributed by atoms with Crippen LogP contribution in [0.2, 0.25) is 0 Å². The first-order valence-corrected chi connectivity index (χ1v) is 11.7. The number of rotatable bonds is 4. The van der Waals surface area contributed by atoms with Crippen molar-refractivity contribution in [3.63, 3.8) is 0 Å². The molecular formula is C24H29N3OS. The summed E-state index contributed by atoms with van der Waals surface area (Å²) in [7, 11) is 0. The van der Waals surface area contributed by atoms with Gasteiger partial charge in [0.25, 0.3) is 0 Å². The summed E-state index contributed by atoms with van der Waals surface area (Å²) in [6.45, 7) is 0.943. The van der Waals surface area contributed by atoms with Crippen molar-refractivity contribution in [3.8, 4) is 0 Å². The highest BCUT2D eigenvalue weighted by Gasteiger charge is 2.32. The van der Waals surface area contributed by atoms with Gasteiger partial charge in [-0.2, -0.15) is 0 Å². The molecule has 3 aliphatic rings. The molecule has 1 fully saturated rings. The Morgan fingerprint density at radius 1 is 0.966 bits per heavy atom. The van der Waals surface area contributed by atoms with Gasteiger partial charge in [-0.25, -0.2) is 4.31 Å². The Morgan fingerprint density at radius 2 is 1.66 bits per heavy atom. The largest absolute Gasteiger partial charge is 0.399 e. The fourth-order valence-electron chi connectivity index (χ4n) is 5.11. The summed E-state index contributed by atoms with van der Waals surface area (Å²) in [5.41, 5.74) is 13.5. The summed E-state index contributed by atoms with van der Waals surface area (Å²) in [6, 6.07) is 10.3. The molecule has 152 valence electrons. The van der Waals surface area contributed by atoms with Crippen LogP contribution in [0.1, 0.15) is 54.4 Å². The summed E-state index contributed by atoms with van der Waals surface area (Å²) >= 11 is 1.69. The Bertz CT molecular complexity index is 892. The van der Waals surface area contributed by atoms with Gasteiger partial charge in [0.2, 0.25) is 5.91 Å². The molecule has 2 aliphatic carbocycles. The van der Waals surface area contributed by atoms with Crippen molar-refractivity contribution in [2.24, 2.45) is 0 Å². The van der Waals surface area contributed by atoms with Crippen molar-refractivity contribution >= 4 is 29.2 Å². The highest BCUT2D eigenvalue weighted by molar-refractivity contribution is 7.97. The third-order valence-electron chi connectivity index (χ3n) is 6.58. The fourth-order valence-corrected chi connectivity index (χ4v) is 6.19. The summed E-state index contributed by atoms with van der Waals surface area (Å²) in [5.74, 6) is 0.169. The molecule has 29 heavy (non-hydrogen) atoms. The number of benzene rings is 2. The highest BCUT2D eigenvalue weighted by atomic mass is 32.2. The van der Waals surface area contributed by atoms with Crippen LogP contribution in [0, 0.1) is 0 Å². The molecule has 1 heterocycles. The molecule has 0 saturated carbocycles. The van der Waals surface area contributed by atoms with Crippen LogP contribution in [-0.2, 0) is 30.5 Å². The normalized spacial score (nSPS) is 21.0. The monoisotopic (exact) mass is 407 g/mol. The summed E-state index contributed by atoms with van der Waals surface area (Å²) in [6.07, 6.45) is 10.1. The average molecular weight is 408 g/mol. The number of anilines is 2. The second-order valence-corrected chi connectivity index (χ2v) is 9.66. The molecule has 1 saturated heterocycles. The van der Waals surface area contributed by atoms with Gasteiger partial charge < -0.3 is 11.1 Å². The van der Waals surface area contributed by atoms with Crippen LogP contribution >= 0.6 is 11.9 Å². The maximum absolute atomic E-state index is 13.4. The number of nitrogens with two attached hydrogens (primary N) is 1. The number of nitrogen functional groups attached to an aromatic ring is 1. The predicted molar refractivity (Wildman–Crippen MR) is 120 cm³/mol. The minimum atomic E-state index is -0.0828. The topological polar surface area (TPSA) is 58.4 Å². The molecule has 4 nitrogen and oxygen atoms in total. The lowest BCUT2D eigenvalue weighted by Gasteiger charge is -2.33. The Balaban J connectivity index is 1.38. The zero-order chi connectivity index (χ0) is 19.8. The van der Waals surface area contributed by atoms with Crippen LogP contribution in [0.5, 0.6) is 0 Å². The molecule has 0 spiro atoms. The first-order valence-electron chi connectivity index (χ1n) is 11.0. The van der Waals surface area contributed by atoms with Crippen LogP contribution < -0.4 is 11.1 Å². The van der Waals surface area contributed by atoms with Gasteiger partial charge in [-0.3, -0.25) is 4.79 Å². The molecule has 1 aliphatic heterocycles. The average Bonchev–Trinajstić information content (AvgIpc) is 3.39. The van der Waals surface area contributed by atoms with Crippen LogP contribution in [-0.4, -0.2) is 22.8 Å². The number of nitrogens with one attached hydrogen (secondary N) is 1. The van der Waals surface area contributed by atoms with E-state index in [1.165, 1.54) is 40.8 Å². The zero-order valence-corrected chi connectivity index (χ0v) is 17.7. The molecule has 0 aromatic heterocycles. The lowest BCUT2D eigenvalue weighted by Crippen LogP contribution is -2.43. The maximum Gasteiger partial charge on any atom is 0.242 e. The minimum Gasteiger partial charge on any atom is -0.399 e. The van der Waals surface area contributed by atoms with Crippen molar-refractivity contribution in [2.75, 3.05) is 17.6 Å². The molecule has 1 amide bonds. The van der Waals surface area contributed by atoms with Gasteiger partial charge in [0.1, 0.15) is 0 Å². The van der Waals surface area contributed by atoms with Gasteiger partial charge in [-0.05, 0) is 110 Å². The minimum absolute atomic E-state index is 0.0828. The number of amides is 1. The van der Waals surface area contributed by atoms with Gasteiger partial charge in [0, 0.05) is 22.8 Å². The smallest absolute Gasteiger partial charge is 0.242 e. The lowest BCUT2D eigenvalue weighted by atomic mass is 9.98. The molecular weight excluding hydrogens is 378 g/mol. The number of aryl methyl sites for hydroxylation is 2. The number of fused-ring (bicyclic) bond motifs is 2. The van der Waals surface area contributed by atoms with Crippen molar-refractivity contribution in [1.82, 2.24) is 4.31 Å². The SMILES string of the molecule is Nc1ccc(SN2CCCCC2C(=O)Nc2c3c(cc4c2CCC4)CCC3)cc1. The van der Waals surface area contributed by atoms with E-state index in [9.17, 15) is 4.79 Å². The van der Waals surface area contributed by atoms with Gasteiger partial charge in [-0.15, -0.1) is 0 Å².